The number of aromatic hydroxyl groups is 1. The van der Waals surface area contributed by atoms with Crippen LogP contribution in [-0.4, -0.2) is 29.8 Å². The van der Waals surface area contributed by atoms with E-state index in [0.29, 0.717) is 24.5 Å². The van der Waals surface area contributed by atoms with Gasteiger partial charge in [-0.2, -0.15) is 0 Å². The maximum atomic E-state index is 12.3. The van der Waals surface area contributed by atoms with Crippen molar-refractivity contribution < 1.29 is 19.4 Å². The SMILES string of the molecule is CC1Oc2ccccc2OC1C(=O)NCCc1cccc(O)c1. The van der Waals surface area contributed by atoms with Gasteiger partial charge in [0.05, 0.1) is 0 Å². The molecule has 120 valence electrons. The first-order chi connectivity index (χ1) is 11.1. The highest BCUT2D eigenvalue weighted by Gasteiger charge is 2.33. The van der Waals surface area contributed by atoms with Crippen LogP contribution in [0.15, 0.2) is 48.5 Å². The van der Waals surface area contributed by atoms with Gasteiger partial charge in [-0.1, -0.05) is 24.3 Å². The quantitative estimate of drug-likeness (QED) is 0.909. The summed E-state index contributed by atoms with van der Waals surface area (Å²) in [5.41, 5.74) is 0.963. The van der Waals surface area contributed by atoms with Crippen LogP contribution in [0, 0.1) is 0 Å². The van der Waals surface area contributed by atoms with Crippen molar-refractivity contribution >= 4 is 5.91 Å². The van der Waals surface area contributed by atoms with Gasteiger partial charge in [-0.3, -0.25) is 4.79 Å². The van der Waals surface area contributed by atoms with E-state index in [4.69, 9.17) is 9.47 Å². The lowest BCUT2D eigenvalue weighted by Crippen LogP contribution is -2.49. The summed E-state index contributed by atoms with van der Waals surface area (Å²) in [6, 6.07) is 14.3. The third-order valence-electron chi connectivity index (χ3n) is 3.72. The number of amides is 1. The maximum Gasteiger partial charge on any atom is 0.265 e. The summed E-state index contributed by atoms with van der Waals surface area (Å²) in [5, 5.41) is 12.3. The van der Waals surface area contributed by atoms with Gasteiger partial charge in [0.15, 0.2) is 11.5 Å². The lowest BCUT2D eigenvalue weighted by molar-refractivity contribution is -0.133. The number of phenols is 1. The molecule has 0 bridgehead atoms. The average molecular weight is 313 g/mol. The van der Waals surface area contributed by atoms with E-state index >= 15 is 0 Å². The number of ether oxygens (including phenoxy) is 2. The molecular weight excluding hydrogens is 294 g/mol. The van der Waals surface area contributed by atoms with Crippen LogP contribution in [0.3, 0.4) is 0 Å². The number of hydrogen-bond acceptors (Lipinski definition) is 4. The van der Waals surface area contributed by atoms with Gasteiger partial charge in [0.25, 0.3) is 5.91 Å². The van der Waals surface area contributed by atoms with E-state index in [1.54, 1.807) is 24.3 Å². The van der Waals surface area contributed by atoms with Gasteiger partial charge in [0.2, 0.25) is 6.10 Å². The van der Waals surface area contributed by atoms with Crippen LogP contribution in [0.4, 0.5) is 0 Å². The molecule has 0 saturated carbocycles. The van der Waals surface area contributed by atoms with E-state index < -0.39 is 6.10 Å². The highest BCUT2D eigenvalue weighted by Crippen LogP contribution is 2.33. The zero-order chi connectivity index (χ0) is 16.2. The minimum absolute atomic E-state index is 0.202. The Hall–Kier alpha value is -2.69. The van der Waals surface area contributed by atoms with Gasteiger partial charge >= 0.3 is 0 Å². The molecule has 0 fully saturated rings. The van der Waals surface area contributed by atoms with Crippen LogP contribution in [0.1, 0.15) is 12.5 Å². The van der Waals surface area contributed by atoms with Gasteiger partial charge in [-0.15, -0.1) is 0 Å². The van der Waals surface area contributed by atoms with E-state index in [9.17, 15) is 9.90 Å². The summed E-state index contributed by atoms with van der Waals surface area (Å²) in [7, 11) is 0. The lowest BCUT2D eigenvalue weighted by atomic mass is 10.1. The maximum absolute atomic E-state index is 12.3. The largest absolute Gasteiger partial charge is 0.508 e. The summed E-state index contributed by atoms with van der Waals surface area (Å²) in [4.78, 5) is 12.3. The van der Waals surface area contributed by atoms with Crippen molar-refractivity contribution in [3.63, 3.8) is 0 Å². The van der Waals surface area contributed by atoms with Gasteiger partial charge in [0, 0.05) is 6.54 Å². The highest BCUT2D eigenvalue weighted by atomic mass is 16.6. The molecule has 3 rings (SSSR count). The molecule has 0 aromatic heterocycles. The number of benzene rings is 2. The van der Waals surface area contributed by atoms with Gasteiger partial charge in [-0.05, 0) is 43.2 Å². The fourth-order valence-electron chi connectivity index (χ4n) is 2.55. The topological polar surface area (TPSA) is 67.8 Å². The van der Waals surface area contributed by atoms with Gasteiger partial charge in [0.1, 0.15) is 11.9 Å². The van der Waals surface area contributed by atoms with E-state index in [-0.39, 0.29) is 17.8 Å². The van der Waals surface area contributed by atoms with Crippen LogP contribution < -0.4 is 14.8 Å². The molecule has 5 nitrogen and oxygen atoms in total. The number of carbonyl (C=O) groups is 1. The molecule has 1 aliphatic heterocycles. The molecule has 0 saturated heterocycles. The summed E-state index contributed by atoms with van der Waals surface area (Å²) in [6.45, 7) is 2.28. The van der Waals surface area contributed by atoms with Gasteiger partial charge in [-0.25, -0.2) is 0 Å². The number of carbonyl (C=O) groups excluding carboxylic acids is 1. The molecule has 2 aromatic rings. The van der Waals surface area contributed by atoms with Crippen LogP contribution in [-0.2, 0) is 11.2 Å². The first-order valence-corrected chi connectivity index (χ1v) is 7.61. The summed E-state index contributed by atoms with van der Waals surface area (Å²) in [6.07, 6.45) is -0.390. The summed E-state index contributed by atoms with van der Waals surface area (Å²) >= 11 is 0. The first-order valence-electron chi connectivity index (χ1n) is 7.61. The molecule has 2 N–H and O–H groups in total. The third kappa shape index (κ3) is 3.56. The molecule has 0 radical (unpaired) electrons. The molecule has 23 heavy (non-hydrogen) atoms. The number of para-hydroxylation sites is 2. The van der Waals surface area contributed by atoms with Gasteiger partial charge < -0.3 is 19.9 Å². The van der Waals surface area contributed by atoms with Crippen LogP contribution in [0.25, 0.3) is 0 Å². The van der Waals surface area contributed by atoms with Crippen LogP contribution in [0.2, 0.25) is 0 Å². The van der Waals surface area contributed by atoms with Crippen molar-refractivity contribution in [2.75, 3.05) is 6.54 Å². The smallest absolute Gasteiger partial charge is 0.265 e. The zero-order valence-corrected chi connectivity index (χ0v) is 12.9. The Labute approximate surface area is 134 Å². The molecule has 0 spiro atoms. The molecule has 2 atom stereocenters. The Bertz CT molecular complexity index is 701. The number of rotatable bonds is 4. The van der Waals surface area contributed by atoms with Crippen molar-refractivity contribution in [2.24, 2.45) is 0 Å². The second-order valence-electron chi connectivity index (χ2n) is 5.52. The average Bonchev–Trinajstić information content (AvgIpc) is 2.54. The third-order valence-corrected chi connectivity index (χ3v) is 3.72. The minimum atomic E-state index is -0.672. The standard InChI is InChI=1S/C18H19NO4/c1-12-17(23-16-8-3-2-7-15(16)22-12)18(21)19-10-9-13-5-4-6-14(20)11-13/h2-8,11-12,17,20H,9-10H2,1H3,(H,19,21). The van der Waals surface area contributed by atoms with Crippen molar-refractivity contribution in [3.05, 3.63) is 54.1 Å². The first kappa shape index (κ1) is 15.2. The Morgan fingerprint density at radius 1 is 1.13 bits per heavy atom. The Balaban J connectivity index is 1.56. The Morgan fingerprint density at radius 3 is 2.61 bits per heavy atom. The second-order valence-corrected chi connectivity index (χ2v) is 5.52. The summed E-state index contributed by atoms with van der Waals surface area (Å²) in [5.74, 6) is 1.26. The van der Waals surface area contributed by atoms with Crippen molar-refractivity contribution in [2.45, 2.75) is 25.6 Å². The fourth-order valence-corrected chi connectivity index (χ4v) is 2.55. The molecule has 5 heteroatoms. The second kappa shape index (κ2) is 6.60. The Kier molecular flexibility index (Phi) is 4.37. The number of hydrogen-bond donors (Lipinski definition) is 2. The minimum Gasteiger partial charge on any atom is -0.508 e. The number of nitrogens with one attached hydrogen (secondary N) is 1. The molecule has 1 heterocycles. The predicted molar refractivity (Wildman–Crippen MR) is 85.8 cm³/mol. The number of phenolic OH excluding ortho intramolecular Hbond substituents is 1. The van der Waals surface area contributed by atoms with Crippen molar-refractivity contribution in [1.82, 2.24) is 5.32 Å². The fraction of sp³-hybridized carbons (Fsp3) is 0.278. The molecular formula is C18H19NO4. The Morgan fingerprint density at radius 2 is 1.87 bits per heavy atom. The lowest BCUT2D eigenvalue weighted by Gasteiger charge is -2.31. The monoisotopic (exact) mass is 313 g/mol. The van der Waals surface area contributed by atoms with Crippen molar-refractivity contribution in [3.8, 4) is 17.2 Å². The van der Waals surface area contributed by atoms with E-state index in [1.807, 2.05) is 31.2 Å². The highest BCUT2D eigenvalue weighted by molar-refractivity contribution is 5.82. The van der Waals surface area contributed by atoms with Crippen molar-refractivity contribution in [1.29, 1.82) is 0 Å². The zero-order valence-electron chi connectivity index (χ0n) is 12.9. The molecule has 0 aliphatic carbocycles. The van der Waals surface area contributed by atoms with E-state index in [2.05, 4.69) is 5.32 Å². The molecule has 1 amide bonds. The molecule has 2 unspecified atom stereocenters. The van der Waals surface area contributed by atoms with E-state index in [0.717, 1.165) is 5.56 Å². The number of fused-ring (bicyclic) bond motifs is 1. The normalized spacial score (nSPS) is 19.2. The van der Waals surface area contributed by atoms with Crippen LogP contribution >= 0.6 is 0 Å². The van der Waals surface area contributed by atoms with E-state index in [1.165, 1.54) is 0 Å². The predicted octanol–water partition coefficient (Wildman–Crippen LogP) is 2.28. The summed E-state index contributed by atoms with van der Waals surface area (Å²) < 4.78 is 11.5. The van der Waals surface area contributed by atoms with Crippen LogP contribution in [0.5, 0.6) is 17.2 Å². The molecule has 1 aliphatic rings. The molecule has 2 aromatic carbocycles.